The number of piperidine rings is 1. The van der Waals surface area contributed by atoms with Crippen LogP contribution in [-0.4, -0.2) is 60.5 Å². The molecule has 0 spiro atoms. The van der Waals surface area contributed by atoms with E-state index in [1.54, 1.807) is 0 Å². The van der Waals surface area contributed by atoms with Gasteiger partial charge < -0.3 is 25.8 Å². The number of esters is 1. The lowest BCUT2D eigenvalue weighted by Gasteiger charge is -2.31. The molecule has 1 aliphatic heterocycles. The Bertz CT molecular complexity index is 1080. The number of halogens is 1. The maximum atomic E-state index is 14.6. The summed E-state index contributed by atoms with van der Waals surface area (Å²) in [5.74, 6) is -3.00. The Morgan fingerprint density at radius 2 is 2.06 bits per heavy atom. The molecular formula is C21H24FN5O5S. The molecule has 0 radical (unpaired) electrons. The molecule has 2 aromatic rings. The highest BCUT2D eigenvalue weighted by Gasteiger charge is 2.29. The molecule has 1 aliphatic rings. The standard InChI is InChI=1S/C21H24FN5O5S/c1-32-15(28)4-7-25-19(29)11-5-8-27(9-6-11)21-26-16(17(33-21)20(30)31)13-3-2-12(18(23)24)10-14(13)22/h2-3,10-11H,4-9H2,1H3,(H3,23,24)(H,25,29)(H,30,31). The van der Waals surface area contributed by atoms with E-state index >= 15 is 0 Å². The number of carbonyl (C=O) groups is 3. The summed E-state index contributed by atoms with van der Waals surface area (Å²) in [7, 11) is 1.29. The lowest BCUT2D eigenvalue weighted by molar-refractivity contribution is -0.140. The van der Waals surface area contributed by atoms with Crippen LogP contribution in [0, 0.1) is 17.1 Å². The number of carbonyl (C=O) groups excluding carboxylic acids is 2. The number of ether oxygens (including phenoxy) is 1. The van der Waals surface area contributed by atoms with Gasteiger partial charge in [-0.15, -0.1) is 0 Å². The Hall–Kier alpha value is -3.54. The summed E-state index contributed by atoms with van der Waals surface area (Å²) in [6, 6.07) is 3.88. The quantitative estimate of drug-likeness (QED) is 0.255. The molecule has 2 heterocycles. The number of methoxy groups -OCH3 is 1. The van der Waals surface area contributed by atoms with Gasteiger partial charge in [0.25, 0.3) is 0 Å². The van der Waals surface area contributed by atoms with Gasteiger partial charge in [0.05, 0.1) is 13.5 Å². The Morgan fingerprint density at radius 3 is 2.64 bits per heavy atom. The smallest absolute Gasteiger partial charge is 0.348 e. The van der Waals surface area contributed by atoms with E-state index in [1.807, 2.05) is 4.90 Å². The van der Waals surface area contributed by atoms with Crippen LogP contribution in [0.4, 0.5) is 9.52 Å². The molecule has 0 unspecified atom stereocenters. The second-order valence-electron chi connectivity index (χ2n) is 7.47. The minimum atomic E-state index is -1.22. The fraction of sp³-hybridized carbons (Fsp3) is 0.381. The fourth-order valence-electron chi connectivity index (χ4n) is 3.51. The second kappa shape index (κ2) is 10.4. The number of hydrogen-bond donors (Lipinski definition) is 4. The molecule has 33 heavy (non-hydrogen) atoms. The number of carboxylic acids is 1. The first-order valence-corrected chi connectivity index (χ1v) is 11.0. The summed E-state index contributed by atoms with van der Waals surface area (Å²) in [4.78, 5) is 41.4. The van der Waals surface area contributed by atoms with Gasteiger partial charge in [0.2, 0.25) is 5.91 Å². The summed E-state index contributed by atoms with van der Waals surface area (Å²) in [5.41, 5.74) is 5.60. The number of amides is 1. The maximum absolute atomic E-state index is 14.6. The number of carboxylic acid groups (broad SMARTS) is 1. The summed E-state index contributed by atoms with van der Waals surface area (Å²) < 4.78 is 19.2. The van der Waals surface area contributed by atoms with Crippen molar-refractivity contribution in [3.63, 3.8) is 0 Å². The minimum Gasteiger partial charge on any atom is -0.477 e. The molecule has 1 amide bonds. The largest absolute Gasteiger partial charge is 0.477 e. The fourth-order valence-corrected chi connectivity index (χ4v) is 4.48. The van der Waals surface area contributed by atoms with Crippen molar-refractivity contribution in [2.75, 3.05) is 31.6 Å². The highest BCUT2D eigenvalue weighted by Crippen LogP contribution is 2.36. The predicted octanol–water partition coefficient (Wildman–Crippen LogP) is 1.83. The number of aromatic nitrogens is 1. The topological polar surface area (TPSA) is 159 Å². The Kier molecular flexibility index (Phi) is 7.59. The minimum absolute atomic E-state index is 0.0118. The van der Waals surface area contributed by atoms with E-state index in [9.17, 15) is 23.9 Å². The van der Waals surface area contributed by atoms with Gasteiger partial charge in [-0.2, -0.15) is 0 Å². The molecule has 0 saturated carbocycles. The van der Waals surface area contributed by atoms with E-state index in [0.717, 1.165) is 17.4 Å². The average molecular weight is 478 g/mol. The number of amidine groups is 1. The molecule has 0 atom stereocenters. The third-order valence-corrected chi connectivity index (χ3v) is 6.44. The molecule has 176 valence electrons. The van der Waals surface area contributed by atoms with Crippen LogP contribution in [0.1, 0.15) is 34.5 Å². The van der Waals surface area contributed by atoms with Crippen molar-refractivity contribution in [2.45, 2.75) is 19.3 Å². The summed E-state index contributed by atoms with van der Waals surface area (Å²) in [6.45, 7) is 1.16. The van der Waals surface area contributed by atoms with Gasteiger partial charge in [-0.25, -0.2) is 14.2 Å². The number of nitrogens with zero attached hydrogens (tertiary/aromatic N) is 2. The first kappa shape index (κ1) is 24.1. The molecule has 1 aromatic carbocycles. The molecule has 3 rings (SSSR count). The number of benzene rings is 1. The van der Waals surface area contributed by atoms with Crippen molar-refractivity contribution in [1.82, 2.24) is 10.3 Å². The first-order valence-electron chi connectivity index (χ1n) is 10.2. The van der Waals surface area contributed by atoms with Gasteiger partial charge in [0, 0.05) is 36.7 Å². The zero-order valence-electron chi connectivity index (χ0n) is 17.9. The molecule has 1 fully saturated rings. The Labute approximate surface area is 193 Å². The van der Waals surface area contributed by atoms with Crippen molar-refractivity contribution < 1.29 is 28.6 Å². The van der Waals surface area contributed by atoms with E-state index in [-0.39, 0.29) is 52.3 Å². The zero-order chi connectivity index (χ0) is 24.1. The number of aromatic carboxylic acids is 1. The Morgan fingerprint density at radius 1 is 1.36 bits per heavy atom. The summed E-state index contributed by atoms with van der Waals surface area (Å²) >= 11 is 0.947. The molecule has 12 heteroatoms. The van der Waals surface area contributed by atoms with E-state index in [0.29, 0.717) is 31.1 Å². The molecule has 5 N–H and O–H groups in total. The number of thiazole rings is 1. The molecule has 1 saturated heterocycles. The number of hydrogen-bond acceptors (Lipinski definition) is 8. The third-order valence-electron chi connectivity index (χ3n) is 5.34. The normalized spacial score (nSPS) is 14.1. The summed E-state index contributed by atoms with van der Waals surface area (Å²) in [6.07, 6.45) is 1.16. The van der Waals surface area contributed by atoms with Gasteiger partial charge in [-0.1, -0.05) is 17.4 Å². The zero-order valence-corrected chi connectivity index (χ0v) is 18.7. The number of nitrogens with one attached hydrogen (secondary N) is 2. The monoisotopic (exact) mass is 477 g/mol. The number of rotatable bonds is 8. The van der Waals surface area contributed by atoms with Crippen LogP contribution < -0.4 is 16.0 Å². The maximum Gasteiger partial charge on any atom is 0.348 e. The molecule has 0 bridgehead atoms. The van der Waals surface area contributed by atoms with Crippen molar-refractivity contribution >= 4 is 40.1 Å². The molecule has 10 nitrogen and oxygen atoms in total. The Balaban J connectivity index is 1.70. The number of anilines is 1. The van der Waals surface area contributed by atoms with Crippen molar-refractivity contribution in [2.24, 2.45) is 11.7 Å². The SMILES string of the molecule is COC(=O)CCNC(=O)C1CCN(c2nc(-c3ccc(C(=N)N)cc3F)c(C(=O)O)s2)CC1. The van der Waals surface area contributed by atoms with Crippen LogP contribution in [-0.2, 0) is 14.3 Å². The van der Waals surface area contributed by atoms with Crippen molar-refractivity contribution in [1.29, 1.82) is 5.41 Å². The second-order valence-corrected chi connectivity index (χ2v) is 8.44. The highest BCUT2D eigenvalue weighted by molar-refractivity contribution is 7.17. The van der Waals surface area contributed by atoms with Gasteiger partial charge >= 0.3 is 11.9 Å². The van der Waals surface area contributed by atoms with E-state index in [2.05, 4.69) is 15.0 Å². The van der Waals surface area contributed by atoms with Crippen LogP contribution >= 0.6 is 11.3 Å². The van der Waals surface area contributed by atoms with Crippen LogP contribution in [0.2, 0.25) is 0 Å². The van der Waals surface area contributed by atoms with Gasteiger partial charge in [-0.05, 0) is 25.0 Å². The van der Waals surface area contributed by atoms with Gasteiger partial charge in [0.1, 0.15) is 22.2 Å². The van der Waals surface area contributed by atoms with Crippen LogP contribution in [0.3, 0.4) is 0 Å². The van der Waals surface area contributed by atoms with Gasteiger partial charge in [0.15, 0.2) is 5.13 Å². The van der Waals surface area contributed by atoms with E-state index in [4.69, 9.17) is 11.1 Å². The lowest BCUT2D eigenvalue weighted by atomic mass is 9.96. The van der Waals surface area contributed by atoms with Crippen molar-refractivity contribution in [3.05, 3.63) is 34.5 Å². The number of nitrogens with two attached hydrogens (primary N) is 1. The van der Waals surface area contributed by atoms with Crippen LogP contribution in [0.15, 0.2) is 18.2 Å². The molecule has 1 aromatic heterocycles. The molecule has 0 aliphatic carbocycles. The third kappa shape index (κ3) is 5.64. The van der Waals surface area contributed by atoms with Crippen LogP contribution in [0.25, 0.3) is 11.3 Å². The average Bonchev–Trinajstić information content (AvgIpc) is 3.24. The first-order chi connectivity index (χ1) is 15.7. The predicted molar refractivity (Wildman–Crippen MR) is 120 cm³/mol. The number of nitrogen functional groups attached to an aromatic ring is 1. The van der Waals surface area contributed by atoms with E-state index in [1.165, 1.54) is 19.2 Å². The summed E-state index contributed by atoms with van der Waals surface area (Å²) in [5, 5.41) is 20.2. The van der Waals surface area contributed by atoms with Crippen LogP contribution in [0.5, 0.6) is 0 Å². The lowest BCUT2D eigenvalue weighted by Crippen LogP contribution is -2.41. The van der Waals surface area contributed by atoms with Gasteiger partial charge in [-0.3, -0.25) is 15.0 Å². The van der Waals surface area contributed by atoms with Crippen molar-refractivity contribution in [3.8, 4) is 11.3 Å². The highest BCUT2D eigenvalue weighted by atomic mass is 32.1. The van der Waals surface area contributed by atoms with E-state index < -0.39 is 17.8 Å². The molecular weight excluding hydrogens is 453 g/mol.